The molecule has 0 atom stereocenters. The van der Waals surface area contributed by atoms with Gasteiger partial charge < -0.3 is 5.32 Å². The van der Waals surface area contributed by atoms with Crippen molar-refractivity contribution in [2.75, 3.05) is 16.3 Å². The summed E-state index contributed by atoms with van der Waals surface area (Å²) in [6.07, 6.45) is 2.18. The third kappa shape index (κ3) is 5.90. The van der Waals surface area contributed by atoms with Gasteiger partial charge in [-0.2, -0.15) is 0 Å². The molecule has 0 unspecified atom stereocenters. The predicted molar refractivity (Wildman–Crippen MR) is 114 cm³/mol. The molecule has 0 aliphatic rings. The molecule has 6 nitrogen and oxygen atoms in total. The molecule has 28 heavy (non-hydrogen) atoms. The summed E-state index contributed by atoms with van der Waals surface area (Å²) in [6.45, 7) is 2.03. The quantitative estimate of drug-likeness (QED) is 0.609. The Morgan fingerprint density at radius 3 is 2.39 bits per heavy atom. The second-order valence-corrected chi connectivity index (χ2v) is 9.13. The topological polar surface area (TPSA) is 88.2 Å². The Kier molecular flexibility index (Phi) is 6.11. The summed E-state index contributed by atoms with van der Waals surface area (Å²) >= 11 is 1.36. The van der Waals surface area contributed by atoms with Crippen molar-refractivity contribution in [3.8, 4) is 11.3 Å². The lowest BCUT2D eigenvalue weighted by molar-refractivity contribution is -0.116. The summed E-state index contributed by atoms with van der Waals surface area (Å²) in [4.78, 5) is 16.6. The molecular weight excluding hydrogens is 394 g/mol. The summed E-state index contributed by atoms with van der Waals surface area (Å²) in [7, 11) is -3.30. The van der Waals surface area contributed by atoms with Crippen LogP contribution in [0.5, 0.6) is 0 Å². The number of carbonyl (C=O) groups is 1. The summed E-state index contributed by atoms with van der Waals surface area (Å²) < 4.78 is 24.9. The van der Waals surface area contributed by atoms with Crippen molar-refractivity contribution in [2.45, 2.75) is 19.8 Å². The lowest BCUT2D eigenvalue weighted by Crippen LogP contribution is -2.12. The maximum atomic E-state index is 12.2. The molecule has 0 aliphatic carbocycles. The van der Waals surface area contributed by atoms with Crippen LogP contribution in [0.15, 0.2) is 53.9 Å². The number of thiazole rings is 1. The van der Waals surface area contributed by atoms with Gasteiger partial charge in [-0.25, -0.2) is 13.4 Å². The van der Waals surface area contributed by atoms with Gasteiger partial charge in [-0.05, 0) is 31.0 Å². The number of amides is 1. The zero-order valence-electron chi connectivity index (χ0n) is 15.6. The van der Waals surface area contributed by atoms with E-state index >= 15 is 0 Å². The van der Waals surface area contributed by atoms with Gasteiger partial charge in [0, 0.05) is 23.1 Å². The van der Waals surface area contributed by atoms with Crippen LogP contribution in [0.25, 0.3) is 11.3 Å². The Morgan fingerprint density at radius 1 is 1.07 bits per heavy atom. The molecule has 146 valence electrons. The molecular formula is C20H21N3O3S2. The van der Waals surface area contributed by atoms with E-state index in [9.17, 15) is 13.2 Å². The molecule has 3 rings (SSSR count). The van der Waals surface area contributed by atoms with Crippen molar-refractivity contribution >= 4 is 38.1 Å². The van der Waals surface area contributed by atoms with Crippen molar-refractivity contribution in [3.63, 3.8) is 0 Å². The van der Waals surface area contributed by atoms with E-state index in [1.807, 2.05) is 36.6 Å². The first-order valence-corrected chi connectivity index (χ1v) is 11.4. The molecule has 0 fully saturated rings. The van der Waals surface area contributed by atoms with Crippen LogP contribution in [-0.4, -0.2) is 25.6 Å². The van der Waals surface area contributed by atoms with E-state index in [1.54, 1.807) is 24.3 Å². The Morgan fingerprint density at radius 2 is 1.75 bits per heavy atom. The summed E-state index contributed by atoms with van der Waals surface area (Å²) in [5.41, 5.74) is 4.39. The number of anilines is 2. The van der Waals surface area contributed by atoms with E-state index in [-0.39, 0.29) is 5.91 Å². The highest BCUT2D eigenvalue weighted by atomic mass is 32.2. The van der Waals surface area contributed by atoms with E-state index in [1.165, 1.54) is 16.9 Å². The van der Waals surface area contributed by atoms with Crippen molar-refractivity contribution < 1.29 is 13.2 Å². The third-order valence-corrected chi connectivity index (χ3v) is 5.36. The molecule has 0 aliphatic heterocycles. The first-order valence-electron chi connectivity index (χ1n) is 8.68. The van der Waals surface area contributed by atoms with Crippen LogP contribution in [0.2, 0.25) is 0 Å². The number of aryl methyl sites for hydroxylation is 2. The van der Waals surface area contributed by atoms with E-state index in [4.69, 9.17) is 0 Å². The third-order valence-electron chi connectivity index (χ3n) is 4.00. The van der Waals surface area contributed by atoms with Crippen molar-refractivity contribution in [3.05, 3.63) is 65.0 Å². The minimum absolute atomic E-state index is 0.0748. The maximum Gasteiger partial charge on any atom is 0.229 e. The fourth-order valence-electron chi connectivity index (χ4n) is 2.58. The summed E-state index contributed by atoms with van der Waals surface area (Å²) in [6, 6.07) is 15.1. The van der Waals surface area contributed by atoms with Gasteiger partial charge in [0.05, 0.1) is 11.9 Å². The van der Waals surface area contributed by atoms with Crippen LogP contribution in [0.3, 0.4) is 0 Å². The molecule has 8 heteroatoms. The van der Waals surface area contributed by atoms with Gasteiger partial charge in [0.1, 0.15) is 0 Å². The number of sulfonamides is 1. The zero-order chi connectivity index (χ0) is 20.1. The number of hydrogen-bond donors (Lipinski definition) is 2. The number of carbonyl (C=O) groups excluding carboxylic acids is 1. The highest BCUT2D eigenvalue weighted by Gasteiger charge is 2.09. The Balaban J connectivity index is 1.57. The molecule has 0 saturated carbocycles. The monoisotopic (exact) mass is 415 g/mol. The second-order valence-electron chi connectivity index (χ2n) is 6.52. The molecule has 1 aromatic heterocycles. The van der Waals surface area contributed by atoms with Crippen LogP contribution in [-0.2, 0) is 21.2 Å². The summed E-state index contributed by atoms with van der Waals surface area (Å²) in [5.74, 6) is -0.0748. The van der Waals surface area contributed by atoms with E-state index < -0.39 is 10.0 Å². The number of rotatable bonds is 7. The van der Waals surface area contributed by atoms with Gasteiger partial charge in [0.15, 0.2) is 5.13 Å². The Bertz CT molecular complexity index is 1060. The smallest absolute Gasteiger partial charge is 0.229 e. The molecule has 2 N–H and O–H groups in total. The molecule has 3 aromatic rings. The fraction of sp³-hybridized carbons (Fsp3) is 0.200. The van der Waals surface area contributed by atoms with Crippen molar-refractivity contribution in [2.24, 2.45) is 0 Å². The zero-order valence-corrected chi connectivity index (χ0v) is 17.2. The Labute approximate surface area is 168 Å². The lowest BCUT2D eigenvalue weighted by Gasteiger charge is -2.04. The maximum absolute atomic E-state index is 12.2. The van der Waals surface area contributed by atoms with Crippen LogP contribution >= 0.6 is 11.3 Å². The van der Waals surface area contributed by atoms with E-state index in [0.29, 0.717) is 23.7 Å². The minimum atomic E-state index is -3.30. The molecule has 0 saturated heterocycles. The number of nitrogens with zero attached hydrogens (tertiary/aromatic N) is 1. The van der Waals surface area contributed by atoms with Gasteiger partial charge in [0.2, 0.25) is 15.9 Å². The highest BCUT2D eigenvalue weighted by Crippen LogP contribution is 2.26. The van der Waals surface area contributed by atoms with Gasteiger partial charge in [-0.1, -0.05) is 42.0 Å². The van der Waals surface area contributed by atoms with Crippen molar-refractivity contribution in [1.29, 1.82) is 0 Å². The molecule has 2 aromatic carbocycles. The minimum Gasteiger partial charge on any atom is -0.302 e. The van der Waals surface area contributed by atoms with Gasteiger partial charge in [-0.15, -0.1) is 11.3 Å². The van der Waals surface area contributed by atoms with Gasteiger partial charge in [-0.3, -0.25) is 9.52 Å². The second kappa shape index (κ2) is 8.53. The molecule has 1 amide bonds. The lowest BCUT2D eigenvalue weighted by atomic mass is 10.1. The average Bonchev–Trinajstić information content (AvgIpc) is 3.09. The standard InChI is InChI=1S/C20H21N3O3S2/c1-14-3-5-15(6-4-14)7-12-19(24)22-20-21-18(13-27-20)16-8-10-17(11-9-16)23-28(2,25)26/h3-6,8-11,13,23H,7,12H2,1-2H3,(H,21,22,24). The molecule has 0 bridgehead atoms. The first kappa shape index (κ1) is 20.0. The molecule has 1 heterocycles. The largest absolute Gasteiger partial charge is 0.302 e. The fourth-order valence-corrected chi connectivity index (χ4v) is 3.88. The van der Waals surface area contributed by atoms with E-state index in [2.05, 4.69) is 15.0 Å². The van der Waals surface area contributed by atoms with E-state index in [0.717, 1.165) is 23.1 Å². The van der Waals surface area contributed by atoms with Crippen LogP contribution < -0.4 is 10.0 Å². The Hall–Kier alpha value is -2.71. The summed E-state index contributed by atoms with van der Waals surface area (Å²) in [5, 5.41) is 5.23. The number of benzene rings is 2. The molecule has 0 radical (unpaired) electrons. The number of nitrogens with one attached hydrogen (secondary N) is 2. The highest BCUT2D eigenvalue weighted by molar-refractivity contribution is 7.92. The number of aromatic nitrogens is 1. The number of hydrogen-bond acceptors (Lipinski definition) is 5. The van der Waals surface area contributed by atoms with Crippen LogP contribution in [0.4, 0.5) is 10.8 Å². The van der Waals surface area contributed by atoms with Crippen LogP contribution in [0.1, 0.15) is 17.5 Å². The molecule has 0 spiro atoms. The SMILES string of the molecule is Cc1ccc(CCC(=O)Nc2nc(-c3ccc(NS(C)(=O)=O)cc3)cs2)cc1. The normalized spacial score (nSPS) is 11.2. The predicted octanol–water partition coefficient (Wildman–Crippen LogP) is 4.06. The first-order chi connectivity index (χ1) is 13.3. The van der Waals surface area contributed by atoms with Crippen LogP contribution in [0, 0.1) is 6.92 Å². The van der Waals surface area contributed by atoms with Gasteiger partial charge >= 0.3 is 0 Å². The van der Waals surface area contributed by atoms with Gasteiger partial charge in [0.25, 0.3) is 0 Å². The van der Waals surface area contributed by atoms with Crippen molar-refractivity contribution in [1.82, 2.24) is 4.98 Å². The average molecular weight is 416 g/mol.